The summed E-state index contributed by atoms with van der Waals surface area (Å²) in [6.45, 7) is 8.70. The van der Waals surface area contributed by atoms with Crippen LogP contribution in [0.1, 0.15) is 31.1 Å². The van der Waals surface area contributed by atoms with Gasteiger partial charge in [-0.25, -0.2) is 4.57 Å². The van der Waals surface area contributed by atoms with Gasteiger partial charge in [-0.2, -0.15) is 0 Å². The maximum absolute atomic E-state index is 12.0. The Morgan fingerprint density at radius 3 is 2.22 bits per heavy atom. The van der Waals surface area contributed by atoms with Gasteiger partial charge >= 0.3 is 7.60 Å². The summed E-state index contributed by atoms with van der Waals surface area (Å²) in [4.78, 5) is 21.5. The summed E-state index contributed by atoms with van der Waals surface area (Å²) in [6.07, 6.45) is 0.926. The lowest BCUT2D eigenvalue weighted by molar-refractivity contribution is 0.0858. The number of carbonyl (C=O) groups excluding carboxylic acids is 1. The molecule has 5 heteroatoms. The van der Waals surface area contributed by atoms with Gasteiger partial charge in [0.05, 0.1) is 11.6 Å². The SMILES string of the molecule is C=COP(=O)(O)c1ccc(C(=O)C(C)(C)C)cc1. The zero-order valence-electron chi connectivity index (χ0n) is 10.7. The van der Waals surface area contributed by atoms with Crippen molar-refractivity contribution in [2.24, 2.45) is 5.41 Å². The van der Waals surface area contributed by atoms with E-state index < -0.39 is 13.0 Å². The van der Waals surface area contributed by atoms with Crippen molar-refractivity contribution in [3.63, 3.8) is 0 Å². The molecule has 1 atom stereocenters. The molecule has 98 valence electrons. The van der Waals surface area contributed by atoms with Crippen LogP contribution >= 0.6 is 7.60 Å². The zero-order valence-corrected chi connectivity index (χ0v) is 11.6. The van der Waals surface area contributed by atoms with Crippen LogP contribution in [-0.2, 0) is 9.09 Å². The fraction of sp³-hybridized carbons (Fsp3) is 0.308. The monoisotopic (exact) mass is 268 g/mol. The maximum atomic E-state index is 12.0. The number of ketones is 1. The molecule has 0 radical (unpaired) electrons. The highest BCUT2D eigenvalue weighted by molar-refractivity contribution is 7.61. The van der Waals surface area contributed by atoms with E-state index >= 15 is 0 Å². The van der Waals surface area contributed by atoms with E-state index in [0.29, 0.717) is 5.56 Å². The standard InChI is InChI=1S/C13H17O4P/c1-5-17-18(15,16)11-8-6-10(7-9-11)12(14)13(2,3)4/h5-9H,1H2,2-4H3,(H,15,16). The van der Waals surface area contributed by atoms with Crippen molar-refractivity contribution < 1.29 is 18.8 Å². The number of Topliss-reactive ketones (excluding diaryl/α,β-unsaturated/α-hetero) is 1. The first-order valence-corrected chi connectivity index (χ1v) is 7.04. The lowest BCUT2D eigenvalue weighted by Gasteiger charge is -2.17. The molecule has 0 saturated carbocycles. The fourth-order valence-electron chi connectivity index (χ4n) is 1.40. The number of benzene rings is 1. The fourth-order valence-corrected chi connectivity index (χ4v) is 2.25. The van der Waals surface area contributed by atoms with E-state index in [9.17, 15) is 14.3 Å². The van der Waals surface area contributed by atoms with E-state index in [0.717, 1.165) is 6.26 Å². The number of hydrogen-bond acceptors (Lipinski definition) is 3. The molecule has 0 aliphatic rings. The van der Waals surface area contributed by atoms with Gasteiger partial charge in [0.1, 0.15) is 0 Å². The predicted molar refractivity (Wildman–Crippen MR) is 71.0 cm³/mol. The molecular weight excluding hydrogens is 251 g/mol. The molecule has 0 spiro atoms. The Balaban J connectivity index is 3.04. The van der Waals surface area contributed by atoms with Crippen molar-refractivity contribution in [3.05, 3.63) is 42.7 Å². The summed E-state index contributed by atoms with van der Waals surface area (Å²) >= 11 is 0. The van der Waals surface area contributed by atoms with Crippen LogP contribution in [0.25, 0.3) is 0 Å². The topological polar surface area (TPSA) is 63.6 Å². The van der Waals surface area contributed by atoms with E-state index in [1.54, 1.807) is 0 Å². The summed E-state index contributed by atoms with van der Waals surface area (Å²) < 4.78 is 16.2. The van der Waals surface area contributed by atoms with Crippen molar-refractivity contribution in [2.45, 2.75) is 20.8 Å². The molecule has 4 nitrogen and oxygen atoms in total. The lowest BCUT2D eigenvalue weighted by atomic mass is 9.87. The zero-order chi connectivity index (χ0) is 14.0. The molecule has 0 aromatic heterocycles. The second-order valence-electron chi connectivity index (χ2n) is 4.92. The van der Waals surface area contributed by atoms with Gasteiger partial charge in [-0.15, -0.1) is 0 Å². The third kappa shape index (κ3) is 3.31. The summed E-state index contributed by atoms with van der Waals surface area (Å²) in [5.74, 6) is -0.0218. The Hall–Kier alpha value is -1.38. The smallest absolute Gasteiger partial charge is 0.407 e. The molecule has 0 amide bonds. The highest BCUT2D eigenvalue weighted by atomic mass is 31.2. The van der Waals surface area contributed by atoms with Crippen LogP contribution in [0.5, 0.6) is 0 Å². The van der Waals surface area contributed by atoms with Crippen molar-refractivity contribution in [1.82, 2.24) is 0 Å². The van der Waals surface area contributed by atoms with Crippen LogP contribution in [0.3, 0.4) is 0 Å². The third-order valence-corrected chi connectivity index (χ3v) is 3.74. The maximum Gasteiger partial charge on any atom is 0.407 e. The van der Waals surface area contributed by atoms with Gasteiger partial charge in [-0.05, 0) is 12.1 Å². The van der Waals surface area contributed by atoms with E-state index in [1.165, 1.54) is 24.3 Å². The van der Waals surface area contributed by atoms with Crippen LogP contribution in [0.2, 0.25) is 0 Å². The first-order chi connectivity index (χ1) is 8.18. The summed E-state index contributed by atoms with van der Waals surface area (Å²) in [5, 5.41) is 0.132. The van der Waals surface area contributed by atoms with Crippen LogP contribution in [0, 0.1) is 5.41 Å². The van der Waals surface area contributed by atoms with Crippen LogP contribution in [0.4, 0.5) is 0 Å². The van der Waals surface area contributed by atoms with E-state index in [2.05, 4.69) is 11.1 Å². The average Bonchev–Trinajstić information content (AvgIpc) is 2.27. The summed E-state index contributed by atoms with van der Waals surface area (Å²) in [5.41, 5.74) is 0.0204. The molecule has 0 fully saturated rings. The molecule has 0 saturated heterocycles. The molecule has 0 heterocycles. The number of carbonyl (C=O) groups is 1. The van der Waals surface area contributed by atoms with Crippen LogP contribution in [0.15, 0.2) is 37.1 Å². The van der Waals surface area contributed by atoms with E-state index in [1.807, 2.05) is 20.8 Å². The highest BCUT2D eigenvalue weighted by Gasteiger charge is 2.25. The largest absolute Gasteiger partial charge is 0.430 e. The Kier molecular flexibility index (Phi) is 4.15. The normalized spacial score (nSPS) is 14.7. The molecule has 1 N–H and O–H groups in total. The quantitative estimate of drug-likeness (QED) is 0.518. The van der Waals surface area contributed by atoms with Gasteiger partial charge in [0.2, 0.25) is 0 Å². The summed E-state index contributed by atoms with van der Waals surface area (Å²) in [6, 6.07) is 5.89. The number of hydrogen-bond donors (Lipinski definition) is 1. The molecule has 1 unspecified atom stereocenters. The van der Waals surface area contributed by atoms with Gasteiger partial charge in [0, 0.05) is 11.0 Å². The molecule has 1 rings (SSSR count). The molecule has 0 aliphatic heterocycles. The second-order valence-corrected chi connectivity index (χ2v) is 6.69. The highest BCUT2D eigenvalue weighted by Crippen LogP contribution is 2.40. The van der Waals surface area contributed by atoms with Gasteiger partial charge < -0.3 is 9.42 Å². The van der Waals surface area contributed by atoms with Gasteiger partial charge in [0.15, 0.2) is 5.78 Å². The Bertz CT molecular complexity index is 497. The molecular formula is C13H17O4P. The third-order valence-electron chi connectivity index (χ3n) is 2.35. The predicted octanol–water partition coefficient (Wildman–Crippen LogP) is 2.89. The van der Waals surface area contributed by atoms with Gasteiger partial charge in [-0.1, -0.05) is 39.5 Å². The summed E-state index contributed by atoms with van der Waals surface area (Å²) in [7, 11) is -3.87. The Labute approximate surface area is 107 Å². The molecule has 1 aromatic rings. The van der Waals surface area contributed by atoms with Crippen molar-refractivity contribution >= 4 is 18.7 Å². The van der Waals surface area contributed by atoms with Gasteiger partial charge in [-0.3, -0.25) is 4.79 Å². The van der Waals surface area contributed by atoms with Gasteiger partial charge in [0.25, 0.3) is 0 Å². The van der Waals surface area contributed by atoms with E-state index in [4.69, 9.17) is 0 Å². The first-order valence-electron chi connectivity index (χ1n) is 5.46. The minimum Gasteiger partial charge on any atom is -0.430 e. The molecule has 0 bridgehead atoms. The van der Waals surface area contributed by atoms with Crippen molar-refractivity contribution in [1.29, 1.82) is 0 Å². The number of rotatable bonds is 4. The first kappa shape index (κ1) is 14.7. The van der Waals surface area contributed by atoms with Crippen molar-refractivity contribution in [2.75, 3.05) is 0 Å². The van der Waals surface area contributed by atoms with E-state index in [-0.39, 0.29) is 11.1 Å². The molecule has 1 aromatic carbocycles. The Morgan fingerprint density at radius 2 is 1.83 bits per heavy atom. The average molecular weight is 268 g/mol. The lowest BCUT2D eigenvalue weighted by Crippen LogP contribution is -2.20. The van der Waals surface area contributed by atoms with Crippen LogP contribution < -0.4 is 5.30 Å². The van der Waals surface area contributed by atoms with Crippen molar-refractivity contribution in [3.8, 4) is 0 Å². The minimum absolute atomic E-state index is 0.0218. The minimum atomic E-state index is -3.87. The Morgan fingerprint density at radius 1 is 1.33 bits per heavy atom. The van der Waals surface area contributed by atoms with Crippen LogP contribution in [-0.4, -0.2) is 10.7 Å². The molecule has 0 aliphatic carbocycles. The molecule has 18 heavy (non-hydrogen) atoms. The second kappa shape index (κ2) is 5.09.